The number of hydrogen-bond donors (Lipinski definition) is 3. The van der Waals surface area contributed by atoms with Gasteiger partial charge in [-0.05, 0) is 68.1 Å². The van der Waals surface area contributed by atoms with Crippen molar-refractivity contribution in [1.82, 2.24) is 15.6 Å². The Morgan fingerprint density at radius 1 is 1.05 bits per heavy atom. The molecule has 0 spiro atoms. The minimum absolute atomic E-state index is 0.216. The van der Waals surface area contributed by atoms with Gasteiger partial charge in [0.2, 0.25) is 0 Å². The van der Waals surface area contributed by atoms with Crippen molar-refractivity contribution < 1.29 is 9.59 Å². The van der Waals surface area contributed by atoms with Crippen molar-refractivity contribution in [2.24, 2.45) is 5.10 Å². The van der Waals surface area contributed by atoms with E-state index in [1.807, 2.05) is 55.5 Å². The number of hydrazone groups is 1. The first-order valence-corrected chi connectivity index (χ1v) is 14.2. The Kier molecular flexibility index (Phi) is 9.81. The quantitative estimate of drug-likeness (QED) is 0.175. The molecule has 38 heavy (non-hydrogen) atoms. The molecule has 0 unspecified atom stereocenters. The third kappa shape index (κ3) is 7.16. The summed E-state index contributed by atoms with van der Waals surface area (Å²) < 4.78 is 0. The van der Waals surface area contributed by atoms with Crippen LogP contribution in [0.25, 0.3) is 0 Å². The number of amides is 2. The van der Waals surface area contributed by atoms with Gasteiger partial charge in [-0.15, -0.1) is 11.3 Å². The molecule has 200 valence electrons. The topological polar surface area (TPSA) is 85.8 Å². The molecule has 7 nitrogen and oxygen atoms in total. The number of hydrogen-bond acceptors (Lipinski definition) is 6. The summed E-state index contributed by atoms with van der Waals surface area (Å²) in [6, 6.07) is 15.5. The summed E-state index contributed by atoms with van der Waals surface area (Å²) in [7, 11) is 0. The van der Waals surface area contributed by atoms with Crippen molar-refractivity contribution in [3.8, 4) is 0 Å². The van der Waals surface area contributed by atoms with Gasteiger partial charge in [-0.2, -0.15) is 5.10 Å². The van der Waals surface area contributed by atoms with Gasteiger partial charge in [0.05, 0.1) is 11.8 Å². The summed E-state index contributed by atoms with van der Waals surface area (Å²) in [5.41, 5.74) is 7.91. The molecule has 1 aliphatic carbocycles. The minimum Gasteiger partial charge on any atom is -0.313 e. The molecule has 2 aromatic carbocycles. The van der Waals surface area contributed by atoms with E-state index in [2.05, 4.69) is 39.9 Å². The molecule has 1 aliphatic rings. The first-order chi connectivity index (χ1) is 18.5. The number of nitrogens with one attached hydrogen (secondary N) is 3. The number of carbonyl (C=O) groups is 2. The number of aryl methyl sites for hydroxylation is 2. The second-order valence-corrected chi connectivity index (χ2v) is 10.6. The van der Waals surface area contributed by atoms with E-state index in [1.54, 1.807) is 6.21 Å². The SMILES string of the molecule is CCN(CC)CCNCc1cccc(C(=O)Nc2sc3c(c2C(=O)NN=Cc2ccc(C)cc2)CCC3)c1. The predicted molar refractivity (Wildman–Crippen MR) is 156 cm³/mol. The summed E-state index contributed by atoms with van der Waals surface area (Å²) in [6.45, 7) is 11.0. The zero-order valence-corrected chi connectivity index (χ0v) is 23.3. The Balaban J connectivity index is 1.41. The molecule has 1 heterocycles. The number of likely N-dealkylation sites (N-methyl/N-ethyl adjacent to an activating group) is 1. The van der Waals surface area contributed by atoms with Crippen molar-refractivity contribution in [2.75, 3.05) is 31.5 Å². The monoisotopic (exact) mass is 531 g/mol. The minimum atomic E-state index is -0.297. The molecule has 0 atom stereocenters. The standard InChI is InChI=1S/C30H37N5O2S/c1-4-35(5-2)17-16-31-19-23-8-6-9-24(18-23)28(36)33-30-27(25-10-7-11-26(25)38-30)29(37)34-32-20-22-14-12-21(3)13-15-22/h6,8-9,12-15,18,20,31H,4-5,7,10-11,16-17,19H2,1-3H3,(H,33,36)(H,34,37). The summed E-state index contributed by atoms with van der Waals surface area (Å²) in [5.74, 6) is -0.513. The summed E-state index contributed by atoms with van der Waals surface area (Å²) in [4.78, 5) is 29.9. The molecule has 0 aliphatic heterocycles. The lowest BCUT2D eigenvalue weighted by molar-refractivity contribution is 0.0955. The fourth-order valence-electron chi connectivity index (χ4n) is 4.61. The lowest BCUT2D eigenvalue weighted by Gasteiger charge is -2.18. The van der Waals surface area contributed by atoms with Gasteiger partial charge in [-0.3, -0.25) is 9.59 Å². The number of rotatable bonds is 12. The summed E-state index contributed by atoms with van der Waals surface area (Å²) in [6.07, 6.45) is 4.41. The van der Waals surface area contributed by atoms with Gasteiger partial charge in [0.15, 0.2) is 0 Å². The van der Waals surface area contributed by atoms with E-state index in [0.717, 1.165) is 67.7 Å². The van der Waals surface area contributed by atoms with Crippen molar-refractivity contribution in [3.63, 3.8) is 0 Å². The van der Waals surface area contributed by atoms with Gasteiger partial charge < -0.3 is 15.5 Å². The van der Waals surface area contributed by atoms with Crippen LogP contribution in [-0.4, -0.2) is 49.1 Å². The Labute approximate surface area is 229 Å². The van der Waals surface area contributed by atoms with Crippen LogP contribution in [-0.2, 0) is 19.4 Å². The van der Waals surface area contributed by atoms with Gasteiger partial charge in [0.1, 0.15) is 5.00 Å². The second-order valence-electron chi connectivity index (χ2n) is 9.53. The predicted octanol–water partition coefficient (Wildman–Crippen LogP) is 4.99. The smallest absolute Gasteiger partial charge is 0.274 e. The molecule has 2 amide bonds. The molecule has 8 heteroatoms. The van der Waals surface area contributed by atoms with Crippen molar-refractivity contribution in [1.29, 1.82) is 0 Å². The third-order valence-corrected chi connectivity index (χ3v) is 8.06. The number of fused-ring (bicyclic) bond motifs is 1. The maximum Gasteiger partial charge on any atom is 0.274 e. The maximum atomic E-state index is 13.2. The van der Waals surface area contributed by atoms with E-state index < -0.39 is 0 Å². The summed E-state index contributed by atoms with van der Waals surface area (Å²) >= 11 is 1.50. The molecule has 0 fully saturated rings. The van der Waals surface area contributed by atoms with E-state index in [0.29, 0.717) is 22.7 Å². The van der Waals surface area contributed by atoms with Crippen molar-refractivity contribution >= 4 is 34.4 Å². The van der Waals surface area contributed by atoms with Gasteiger partial charge >= 0.3 is 0 Å². The molecular formula is C30H37N5O2S. The van der Waals surface area contributed by atoms with Crippen LogP contribution in [0.2, 0.25) is 0 Å². The van der Waals surface area contributed by atoms with E-state index >= 15 is 0 Å². The van der Waals surface area contributed by atoms with E-state index in [1.165, 1.54) is 16.2 Å². The van der Waals surface area contributed by atoms with Crippen LogP contribution in [0.5, 0.6) is 0 Å². The molecule has 0 saturated heterocycles. The van der Waals surface area contributed by atoms with Crippen molar-refractivity contribution in [3.05, 3.63) is 86.8 Å². The Bertz CT molecular complexity index is 1280. The highest BCUT2D eigenvalue weighted by Crippen LogP contribution is 2.39. The number of benzene rings is 2. The van der Waals surface area contributed by atoms with Gasteiger partial charge in [-0.1, -0.05) is 55.8 Å². The number of thiophene rings is 1. The fourth-order valence-corrected chi connectivity index (χ4v) is 5.90. The van der Waals surface area contributed by atoms with Gasteiger partial charge in [0, 0.05) is 30.1 Å². The molecule has 0 saturated carbocycles. The highest BCUT2D eigenvalue weighted by molar-refractivity contribution is 7.17. The Morgan fingerprint density at radius 3 is 2.61 bits per heavy atom. The van der Waals surface area contributed by atoms with Crippen LogP contribution in [0.1, 0.15) is 68.1 Å². The highest BCUT2D eigenvalue weighted by Gasteiger charge is 2.27. The molecule has 0 bridgehead atoms. The third-order valence-electron chi connectivity index (χ3n) is 6.85. The van der Waals surface area contributed by atoms with Crippen LogP contribution < -0.4 is 16.1 Å². The van der Waals surface area contributed by atoms with Crippen LogP contribution in [0, 0.1) is 6.92 Å². The average molecular weight is 532 g/mol. The highest BCUT2D eigenvalue weighted by atomic mass is 32.1. The maximum absolute atomic E-state index is 13.2. The van der Waals surface area contributed by atoms with E-state index in [9.17, 15) is 9.59 Å². The van der Waals surface area contributed by atoms with Gasteiger partial charge in [-0.25, -0.2) is 5.43 Å². The van der Waals surface area contributed by atoms with Crippen LogP contribution in [0.4, 0.5) is 5.00 Å². The van der Waals surface area contributed by atoms with Gasteiger partial charge in [0.25, 0.3) is 11.8 Å². The van der Waals surface area contributed by atoms with Crippen molar-refractivity contribution in [2.45, 2.75) is 46.6 Å². The lowest BCUT2D eigenvalue weighted by Crippen LogP contribution is -2.31. The molecular weight excluding hydrogens is 494 g/mol. The molecule has 4 rings (SSSR count). The molecule has 3 N–H and O–H groups in total. The second kappa shape index (κ2) is 13.5. The summed E-state index contributed by atoms with van der Waals surface area (Å²) in [5, 5.41) is 11.2. The van der Waals surface area contributed by atoms with E-state index in [-0.39, 0.29) is 11.8 Å². The van der Waals surface area contributed by atoms with Crippen LogP contribution >= 0.6 is 11.3 Å². The first kappa shape index (κ1) is 27.7. The first-order valence-electron chi connectivity index (χ1n) is 13.4. The van der Waals surface area contributed by atoms with Crippen LogP contribution in [0.3, 0.4) is 0 Å². The average Bonchev–Trinajstić information content (AvgIpc) is 3.51. The number of carbonyl (C=O) groups excluding carboxylic acids is 2. The zero-order valence-electron chi connectivity index (χ0n) is 22.5. The molecule has 1 aromatic heterocycles. The normalized spacial score (nSPS) is 12.7. The van der Waals surface area contributed by atoms with E-state index in [4.69, 9.17) is 0 Å². The fraction of sp³-hybridized carbons (Fsp3) is 0.367. The Hall–Kier alpha value is -3.33. The molecule has 3 aromatic rings. The number of nitrogens with zero attached hydrogens (tertiary/aromatic N) is 2. The largest absolute Gasteiger partial charge is 0.313 e. The molecule has 0 radical (unpaired) electrons. The number of anilines is 1. The van der Waals surface area contributed by atoms with Crippen LogP contribution in [0.15, 0.2) is 53.6 Å². The lowest BCUT2D eigenvalue weighted by atomic mass is 10.1. The Morgan fingerprint density at radius 2 is 1.84 bits per heavy atom. The zero-order chi connectivity index (χ0) is 26.9.